The van der Waals surface area contributed by atoms with Gasteiger partial charge in [-0.1, -0.05) is 0 Å². The Bertz CT molecular complexity index is 573. The van der Waals surface area contributed by atoms with Crippen LogP contribution in [-0.4, -0.2) is 50.6 Å². The van der Waals surface area contributed by atoms with Gasteiger partial charge in [0.15, 0.2) is 6.04 Å². The summed E-state index contributed by atoms with van der Waals surface area (Å²) in [5.41, 5.74) is 6.36. The SMILES string of the molecule is CN[C@@H](C(N)=O)C(=O)Nc1ccc(N2CCOCC2=O)cc1. The quantitative estimate of drug-likeness (QED) is 0.608. The number of nitrogens with one attached hydrogen (secondary N) is 2. The lowest BCUT2D eigenvalue weighted by Crippen LogP contribution is -2.48. The summed E-state index contributed by atoms with van der Waals surface area (Å²) in [6, 6.07) is 5.66. The molecule has 0 unspecified atom stereocenters. The smallest absolute Gasteiger partial charge is 0.253 e. The Morgan fingerprint density at radius 3 is 2.55 bits per heavy atom. The van der Waals surface area contributed by atoms with E-state index in [2.05, 4.69) is 10.6 Å². The Kier molecular flexibility index (Phi) is 5.08. The van der Waals surface area contributed by atoms with Crippen LogP contribution in [0.25, 0.3) is 0 Å². The van der Waals surface area contributed by atoms with Crippen LogP contribution in [0.2, 0.25) is 0 Å². The number of primary amides is 1. The summed E-state index contributed by atoms with van der Waals surface area (Å²) in [6.45, 7) is 1.06. The van der Waals surface area contributed by atoms with E-state index in [4.69, 9.17) is 10.5 Å². The van der Waals surface area contributed by atoms with Gasteiger partial charge < -0.3 is 26.0 Å². The Morgan fingerprint density at radius 1 is 1.32 bits per heavy atom. The molecule has 1 fully saturated rings. The molecular formula is C14H18N4O4. The molecule has 0 aromatic heterocycles. The van der Waals surface area contributed by atoms with Crippen LogP contribution < -0.4 is 21.3 Å². The third kappa shape index (κ3) is 3.60. The molecule has 0 bridgehead atoms. The Labute approximate surface area is 127 Å². The fourth-order valence-corrected chi connectivity index (χ4v) is 2.13. The van der Waals surface area contributed by atoms with Crippen LogP contribution in [0.4, 0.5) is 11.4 Å². The molecule has 4 N–H and O–H groups in total. The summed E-state index contributed by atoms with van der Waals surface area (Å²) in [7, 11) is 1.47. The number of rotatable bonds is 5. The number of anilines is 2. The molecule has 1 atom stereocenters. The minimum Gasteiger partial charge on any atom is -0.370 e. The summed E-state index contributed by atoms with van der Waals surface area (Å²) in [6.07, 6.45) is 0. The van der Waals surface area contributed by atoms with Crippen molar-refractivity contribution in [2.24, 2.45) is 5.73 Å². The maximum Gasteiger partial charge on any atom is 0.253 e. The zero-order valence-electron chi connectivity index (χ0n) is 12.2. The van der Waals surface area contributed by atoms with Crippen molar-refractivity contribution in [3.8, 4) is 0 Å². The molecule has 1 aliphatic rings. The largest absolute Gasteiger partial charge is 0.370 e. The first-order chi connectivity index (χ1) is 10.5. The zero-order valence-corrected chi connectivity index (χ0v) is 12.2. The summed E-state index contributed by atoms with van der Waals surface area (Å²) < 4.78 is 5.07. The van der Waals surface area contributed by atoms with Gasteiger partial charge in [0.1, 0.15) is 6.61 Å². The van der Waals surface area contributed by atoms with Gasteiger partial charge in [0.2, 0.25) is 5.91 Å². The van der Waals surface area contributed by atoms with E-state index in [0.717, 1.165) is 5.69 Å². The molecular weight excluding hydrogens is 288 g/mol. The number of ether oxygens (including phenoxy) is 1. The summed E-state index contributed by atoms with van der Waals surface area (Å²) >= 11 is 0. The van der Waals surface area contributed by atoms with Crippen LogP contribution in [0.3, 0.4) is 0 Å². The van der Waals surface area contributed by atoms with Crippen LogP contribution in [0.15, 0.2) is 24.3 Å². The second kappa shape index (κ2) is 7.01. The van der Waals surface area contributed by atoms with Gasteiger partial charge in [-0.3, -0.25) is 14.4 Å². The first-order valence-electron chi connectivity index (χ1n) is 6.78. The number of hydrogen-bond donors (Lipinski definition) is 3. The molecule has 1 aliphatic heterocycles. The molecule has 2 rings (SSSR count). The van der Waals surface area contributed by atoms with Crippen LogP contribution in [0.1, 0.15) is 0 Å². The molecule has 0 aliphatic carbocycles. The third-order valence-corrected chi connectivity index (χ3v) is 3.27. The standard InChI is InChI=1S/C14H18N4O4/c1-16-12(13(15)20)14(21)17-9-2-4-10(5-3-9)18-6-7-22-8-11(18)19/h2-5,12,16H,6-8H2,1H3,(H2,15,20)(H,17,21)/t12-/m0/s1. The molecule has 0 saturated carbocycles. The fraction of sp³-hybridized carbons (Fsp3) is 0.357. The molecule has 8 nitrogen and oxygen atoms in total. The number of likely N-dealkylation sites (N-methyl/N-ethyl adjacent to an activating group) is 1. The third-order valence-electron chi connectivity index (χ3n) is 3.27. The van der Waals surface area contributed by atoms with Gasteiger partial charge in [-0.05, 0) is 31.3 Å². The Balaban J connectivity index is 2.04. The summed E-state index contributed by atoms with van der Waals surface area (Å²) in [5.74, 6) is -1.40. The molecule has 1 aromatic rings. The highest BCUT2D eigenvalue weighted by Gasteiger charge is 2.23. The summed E-state index contributed by atoms with van der Waals surface area (Å²) in [4.78, 5) is 36.3. The van der Waals surface area contributed by atoms with E-state index in [1.807, 2.05) is 0 Å². The predicted molar refractivity (Wildman–Crippen MR) is 80.3 cm³/mol. The lowest BCUT2D eigenvalue weighted by molar-refractivity contribution is -0.128. The van der Waals surface area contributed by atoms with Gasteiger partial charge in [0, 0.05) is 17.9 Å². The molecule has 1 heterocycles. The van der Waals surface area contributed by atoms with Gasteiger partial charge in [-0.2, -0.15) is 0 Å². The highest BCUT2D eigenvalue weighted by Crippen LogP contribution is 2.19. The number of benzene rings is 1. The van der Waals surface area contributed by atoms with E-state index in [1.54, 1.807) is 29.2 Å². The van der Waals surface area contributed by atoms with Gasteiger partial charge in [0.25, 0.3) is 11.8 Å². The fourth-order valence-electron chi connectivity index (χ4n) is 2.13. The molecule has 3 amide bonds. The van der Waals surface area contributed by atoms with E-state index in [9.17, 15) is 14.4 Å². The van der Waals surface area contributed by atoms with E-state index in [-0.39, 0.29) is 12.5 Å². The molecule has 22 heavy (non-hydrogen) atoms. The highest BCUT2D eigenvalue weighted by atomic mass is 16.5. The van der Waals surface area contributed by atoms with Gasteiger partial charge in [0.05, 0.1) is 6.61 Å². The van der Waals surface area contributed by atoms with Crippen molar-refractivity contribution in [1.29, 1.82) is 0 Å². The first-order valence-corrected chi connectivity index (χ1v) is 6.78. The van der Waals surface area contributed by atoms with Crippen LogP contribution >= 0.6 is 0 Å². The first kappa shape index (κ1) is 15.9. The van der Waals surface area contributed by atoms with Crippen molar-refractivity contribution >= 4 is 29.1 Å². The van der Waals surface area contributed by atoms with E-state index < -0.39 is 17.9 Å². The van der Waals surface area contributed by atoms with Crippen LogP contribution in [0, 0.1) is 0 Å². The Hall–Kier alpha value is -2.45. The lowest BCUT2D eigenvalue weighted by atomic mass is 10.2. The van der Waals surface area contributed by atoms with Gasteiger partial charge in [-0.25, -0.2) is 0 Å². The van der Waals surface area contributed by atoms with E-state index in [0.29, 0.717) is 18.8 Å². The monoisotopic (exact) mass is 306 g/mol. The predicted octanol–water partition coefficient (Wildman–Crippen LogP) is -0.938. The van der Waals surface area contributed by atoms with Crippen molar-refractivity contribution in [2.75, 3.05) is 37.0 Å². The van der Waals surface area contributed by atoms with E-state index in [1.165, 1.54) is 7.05 Å². The van der Waals surface area contributed by atoms with Gasteiger partial charge >= 0.3 is 0 Å². The topological polar surface area (TPSA) is 114 Å². The number of morpholine rings is 1. The molecule has 8 heteroatoms. The second-order valence-corrected chi connectivity index (χ2v) is 4.76. The van der Waals surface area contributed by atoms with Crippen molar-refractivity contribution in [1.82, 2.24) is 5.32 Å². The Morgan fingerprint density at radius 2 is 2.00 bits per heavy atom. The molecule has 1 aromatic carbocycles. The van der Waals surface area contributed by atoms with Crippen molar-refractivity contribution in [2.45, 2.75) is 6.04 Å². The average Bonchev–Trinajstić information content (AvgIpc) is 2.49. The molecule has 118 valence electrons. The molecule has 0 radical (unpaired) electrons. The maximum atomic E-state index is 11.9. The molecule has 0 spiro atoms. The highest BCUT2D eigenvalue weighted by molar-refractivity contribution is 6.09. The van der Waals surface area contributed by atoms with Crippen molar-refractivity contribution in [3.63, 3.8) is 0 Å². The van der Waals surface area contributed by atoms with E-state index >= 15 is 0 Å². The van der Waals surface area contributed by atoms with Crippen LogP contribution in [-0.2, 0) is 19.1 Å². The van der Waals surface area contributed by atoms with Crippen molar-refractivity contribution < 1.29 is 19.1 Å². The maximum absolute atomic E-state index is 11.9. The van der Waals surface area contributed by atoms with Crippen LogP contribution in [0.5, 0.6) is 0 Å². The number of amides is 3. The lowest BCUT2D eigenvalue weighted by Gasteiger charge is -2.27. The van der Waals surface area contributed by atoms with Crippen molar-refractivity contribution in [3.05, 3.63) is 24.3 Å². The number of nitrogens with zero attached hydrogens (tertiary/aromatic N) is 1. The number of nitrogens with two attached hydrogens (primary N) is 1. The average molecular weight is 306 g/mol. The minimum atomic E-state index is -1.10. The zero-order chi connectivity index (χ0) is 16.1. The number of carbonyl (C=O) groups is 3. The minimum absolute atomic E-state index is 0.0704. The summed E-state index contributed by atoms with van der Waals surface area (Å²) in [5, 5.41) is 5.12. The molecule has 1 saturated heterocycles. The second-order valence-electron chi connectivity index (χ2n) is 4.76. The number of hydrogen-bond acceptors (Lipinski definition) is 5. The normalized spacial score (nSPS) is 16.2. The van der Waals surface area contributed by atoms with Gasteiger partial charge in [-0.15, -0.1) is 0 Å². The number of carbonyl (C=O) groups excluding carboxylic acids is 3.